The van der Waals surface area contributed by atoms with E-state index in [1.54, 1.807) is 24.3 Å². The summed E-state index contributed by atoms with van der Waals surface area (Å²) in [5.41, 5.74) is 3.35. The van der Waals surface area contributed by atoms with E-state index >= 15 is 0 Å². The van der Waals surface area contributed by atoms with Crippen molar-refractivity contribution in [1.29, 1.82) is 0 Å². The molecule has 0 atom stereocenters. The van der Waals surface area contributed by atoms with E-state index in [-0.39, 0.29) is 24.7 Å². The number of ether oxygens (including phenoxy) is 1. The van der Waals surface area contributed by atoms with Gasteiger partial charge in [-0.15, -0.1) is 0 Å². The molecule has 0 spiro atoms. The molecule has 6 nitrogen and oxygen atoms in total. The van der Waals surface area contributed by atoms with Crippen molar-refractivity contribution in [2.75, 3.05) is 11.9 Å². The normalized spacial score (nSPS) is 11.2. The van der Waals surface area contributed by atoms with E-state index in [4.69, 9.17) is 9.88 Å². The van der Waals surface area contributed by atoms with Crippen molar-refractivity contribution >= 4 is 21.6 Å². The number of rotatable bonds is 7. The summed E-state index contributed by atoms with van der Waals surface area (Å²) in [4.78, 5) is 11.9. The Labute approximate surface area is 148 Å². The molecule has 2 rings (SSSR count). The molecule has 0 heterocycles. The molecule has 0 aliphatic heterocycles. The summed E-state index contributed by atoms with van der Waals surface area (Å²) in [7, 11) is -3.56. The molecule has 0 fully saturated rings. The Hall–Kier alpha value is -2.38. The maximum Gasteiger partial charge on any atom is 0.227 e. The largest absolute Gasteiger partial charge is 0.493 e. The molecule has 1 amide bonds. The molecule has 0 radical (unpaired) electrons. The van der Waals surface area contributed by atoms with Crippen molar-refractivity contribution in [3.63, 3.8) is 0 Å². The van der Waals surface area contributed by atoms with E-state index in [0.717, 1.165) is 16.9 Å². The number of nitrogens with two attached hydrogens (primary N) is 1. The van der Waals surface area contributed by atoms with Crippen molar-refractivity contribution in [3.8, 4) is 5.75 Å². The summed E-state index contributed by atoms with van der Waals surface area (Å²) >= 11 is 0. The van der Waals surface area contributed by atoms with Crippen LogP contribution in [0.2, 0.25) is 0 Å². The number of primary sulfonamides is 1. The smallest absolute Gasteiger partial charge is 0.227 e. The minimum atomic E-state index is -3.56. The Morgan fingerprint density at radius 1 is 1.12 bits per heavy atom. The molecule has 0 aromatic heterocycles. The standard InChI is InChI=1S/C18H22N2O4S/c1-13-3-8-17(14(2)11-13)24-10-9-18(21)20-16-6-4-15(5-7-16)12-25(19,22)23/h3-8,11H,9-10,12H2,1-2H3,(H,20,21)(H2,19,22,23). The van der Waals surface area contributed by atoms with Crippen molar-refractivity contribution in [3.05, 3.63) is 59.2 Å². The zero-order valence-electron chi connectivity index (χ0n) is 14.3. The molecule has 2 aromatic carbocycles. The third-order valence-electron chi connectivity index (χ3n) is 3.52. The average molecular weight is 362 g/mol. The van der Waals surface area contributed by atoms with Crippen molar-refractivity contribution < 1.29 is 17.9 Å². The van der Waals surface area contributed by atoms with Gasteiger partial charge in [-0.3, -0.25) is 4.79 Å². The van der Waals surface area contributed by atoms with Crippen LogP contribution in [0.5, 0.6) is 5.75 Å². The molecular weight excluding hydrogens is 340 g/mol. The molecule has 7 heteroatoms. The van der Waals surface area contributed by atoms with E-state index in [1.807, 2.05) is 32.0 Å². The number of hydrogen-bond donors (Lipinski definition) is 2. The number of carbonyl (C=O) groups is 1. The highest BCUT2D eigenvalue weighted by Crippen LogP contribution is 2.19. The molecule has 0 saturated carbocycles. The topological polar surface area (TPSA) is 98.5 Å². The van der Waals surface area contributed by atoms with Crippen molar-refractivity contribution in [1.82, 2.24) is 0 Å². The first-order valence-corrected chi connectivity index (χ1v) is 9.54. The third-order valence-corrected chi connectivity index (χ3v) is 4.26. The van der Waals surface area contributed by atoms with E-state index in [2.05, 4.69) is 5.32 Å². The molecule has 0 bridgehead atoms. The first-order valence-electron chi connectivity index (χ1n) is 7.82. The highest BCUT2D eigenvalue weighted by Gasteiger charge is 2.07. The fourth-order valence-electron chi connectivity index (χ4n) is 2.36. The minimum Gasteiger partial charge on any atom is -0.493 e. The van der Waals surface area contributed by atoms with Gasteiger partial charge in [0, 0.05) is 5.69 Å². The number of aryl methyl sites for hydroxylation is 2. The number of benzene rings is 2. The summed E-state index contributed by atoms with van der Waals surface area (Å²) in [5, 5.41) is 7.74. The monoisotopic (exact) mass is 362 g/mol. The Balaban J connectivity index is 1.82. The summed E-state index contributed by atoms with van der Waals surface area (Å²) in [6, 6.07) is 12.4. The molecule has 0 aliphatic rings. The minimum absolute atomic E-state index is 0.177. The molecule has 3 N–H and O–H groups in total. The SMILES string of the molecule is Cc1ccc(OCCC(=O)Nc2ccc(CS(N)(=O)=O)cc2)c(C)c1. The van der Waals surface area contributed by atoms with Crippen LogP contribution >= 0.6 is 0 Å². The molecule has 2 aromatic rings. The zero-order chi connectivity index (χ0) is 18.4. The van der Waals surface area contributed by atoms with E-state index in [1.165, 1.54) is 0 Å². The van der Waals surface area contributed by atoms with E-state index in [0.29, 0.717) is 11.3 Å². The highest BCUT2D eigenvalue weighted by molar-refractivity contribution is 7.88. The summed E-state index contributed by atoms with van der Waals surface area (Å²) < 4.78 is 27.7. The summed E-state index contributed by atoms with van der Waals surface area (Å²) in [5.74, 6) is 0.361. The third kappa shape index (κ3) is 6.56. The number of nitrogens with one attached hydrogen (secondary N) is 1. The van der Waals surface area contributed by atoms with Crippen LogP contribution in [0.15, 0.2) is 42.5 Å². The Morgan fingerprint density at radius 2 is 1.80 bits per heavy atom. The van der Waals surface area contributed by atoms with E-state index in [9.17, 15) is 13.2 Å². The molecule has 25 heavy (non-hydrogen) atoms. The van der Waals surface area contributed by atoms with Crippen LogP contribution in [-0.4, -0.2) is 20.9 Å². The molecule has 0 unspecified atom stereocenters. The number of amides is 1. The Morgan fingerprint density at radius 3 is 2.40 bits per heavy atom. The fourth-order valence-corrected chi connectivity index (χ4v) is 3.01. The van der Waals surface area contributed by atoms with Crippen LogP contribution in [0.25, 0.3) is 0 Å². The number of carbonyl (C=O) groups excluding carboxylic acids is 1. The van der Waals surface area contributed by atoms with Crippen LogP contribution in [0.3, 0.4) is 0 Å². The predicted octanol–water partition coefficient (Wildman–Crippen LogP) is 2.50. The lowest BCUT2D eigenvalue weighted by Gasteiger charge is -2.10. The second-order valence-electron chi connectivity index (χ2n) is 5.92. The lowest BCUT2D eigenvalue weighted by atomic mass is 10.1. The van der Waals surface area contributed by atoms with Crippen molar-refractivity contribution in [2.24, 2.45) is 5.14 Å². The van der Waals surface area contributed by atoms with Gasteiger partial charge in [-0.1, -0.05) is 29.8 Å². The quantitative estimate of drug-likeness (QED) is 0.790. The predicted molar refractivity (Wildman–Crippen MR) is 97.9 cm³/mol. The first-order chi connectivity index (χ1) is 11.7. The van der Waals surface area contributed by atoms with Crippen LogP contribution in [0.1, 0.15) is 23.1 Å². The summed E-state index contributed by atoms with van der Waals surface area (Å²) in [6.45, 7) is 4.25. The highest BCUT2D eigenvalue weighted by atomic mass is 32.2. The van der Waals surface area contributed by atoms with Crippen LogP contribution in [0.4, 0.5) is 5.69 Å². The van der Waals surface area contributed by atoms with Gasteiger partial charge in [0.1, 0.15) is 5.75 Å². The maximum absolute atomic E-state index is 11.9. The summed E-state index contributed by atoms with van der Waals surface area (Å²) in [6.07, 6.45) is 0.215. The number of hydrogen-bond acceptors (Lipinski definition) is 4. The Kier molecular flexibility index (Phi) is 6.17. The van der Waals surface area contributed by atoms with Crippen LogP contribution < -0.4 is 15.2 Å². The number of anilines is 1. The fraction of sp³-hybridized carbons (Fsp3) is 0.278. The average Bonchev–Trinajstić information content (AvgIpc) is 2.50. The lowest BCUT2D eigenvalue weighted by Crippen LogP contribution is -2.16. The van der Waals surface area contributed by atoms with Gasteiger partial charge in [-0.25, -0.2) is 13.6 Å². The lowest BCUT2D eigenvalue weighted by molar-refractivity contribution is -0.116. The van der Waals surface area contributed by atoms with E-state index < -0.39 is 10.0 Å². The second-order valence-corrected chi connectivity index (χ2v) is 7.53. The van der Waals surface area contributed by atoms with Gasteiger partial charge in [0.25, 0.3) is 0 Å². The van der Waals surface area contributed by atoms with Gasteiger partial charge in [0.05, 0.1) is 18.8 Å². The molecule has 0 saturated heterocycles. The number of sulfonamides is 1. The van der Waals surface area contributed by atoms with Gasteiger partial charge in [0.2, 0.25) is 15.9 Å². The second kappa shape index (κ2) is 8.13. The zero-order valence-corrected chi connectivity index (χ0v) is 15.1. The van der Waals surface area contributed by atoms with Gasteiger partial charge in [-0.05, 0) is 43.2 Å². The molecule has 134 valence electrons. The molecule has 0 aliphatic carbocycles. The van der Waals surface area contributed by atoms with Gasteiger partial charge < -0.3 is 10.1 Å². The van der Waals surface area contributed by atoms with Crippen LogP contribution in [-0.2, 0) is 20.6 Å². The maximum atomic E-state index is 11.9. The molecular formula is C18H22N2O4S. The van der Waals surface area contributed by atoms with Gasteiger partial charge in [0.15, 0.2) is 0 Å². The first kappa shape index (κ1) is 19.0. The van der Waals surface area contributed by atoms with Gasteiger partial charge in [-0.2, -0.15) is 0 Å². The van der Waals surface area contributed by atoms with Crippen molar-refractivity contribution in [2.45, 2.75) is 26.0 Å². The van der Waals surface area contributed by atoms with Gasteiger partial charge >= 0.3 is 0 Å². The van der Waals surface area contributed by atoms with Crippen LogP contribution in [0, 0.1) is 13.8 Å². The Bertz CT molecular complexity index is 846.